The summed E-state index contributed by atoms with van der Waals surface area (Å²) in [5.41, 5.74) is 0.655. The second-order valence-corrected chi connectivity index (χ2v) is 4.59. The molecule has 2 N–H and O–H groups in total. The van der Waals surface area contributed by atoms with Gasteiger partial charge in [-0.05, 0) is 12.1 Å². The normalized spacial score (nSPS) is 10.8. The highest BCUT2D eigenvalue weighted by atomic mass is 32.2. The van der Waals surface area contributed by atoms with Crippen LogP contribution in [0.5, 0.6) is 0 Å². The molecule has 1 rings (SSSR count). The lowest BCUT2D eigenvalue weighted by molar-refractivity contribution is 0.199. The van der Waals surface area contributed by atoms with Crippen molar-refractivity contribution in [3.8, 4) is 0 Å². The van der Waals surface area contributed by atoms with Gasteiger partial charge in [-0.3, -0.25) is 0 Å². The SMILES string of the molecule is COCCNCc1c(F)cccc1SCCO. The minimum atomic E-state index is -0.210. The maximum absolute atomic E-state index is 13.6. The van der Waals surface area contributed by atoms with Gasteiger partial charge in [0.25, 0.3) is 0 Å². The van der Waals surface area contributed by atoms with Crippen LogP contribution in [0.25, 0.3) is 0 Å². The van der Waals surface area contributed by atoms with Crippen LogP contribution in [0.3, 0.4) is 0 Å². The zero-order valence-electron chi connectivity index (χ0n) is 9.91. The van der Waals surface area contributed by atoms with E-state index in [0.29, 0.717) is 31.0 Å². The molecule has 0 spiro atoms. The maximum Gasteiger partial charge on any atom is 0.128 e. The van der Waals surface area contributed by atoms with Crippen molar-refractivity contribution in [2.24, 2.45) is 0 Å². The minimum Gasteiger partial charge on any atom is -0.396 e. The maximum atomic E-state index is 13.6. The molecule has 0 atom stereocenters. The summed E-state index contributed by atoms with van der Waals surface area (Å²) in [5, 5.41) is 11.9. The molecule has 5 heteroatoms. The summed E-state index contributed by atoms with van der Waals surface area (Å²) in [5.74, 6) is 0.368. The van der Waals surface area contributed by atoms with E-state index in [1.54, 1.807) is 13.2 Å². The smallest absolute Gasteiger partial charge is 0.128 e. The predicted octanol–water partition coefficient (Wildman–Crippen LogP) is 1.65. The molecule has 0 bridgehead atoms. The highest BCUT2D eigenvalue weighted by Crippen LogP contribution is 2.24. The van der Waals surface area contributed by atoms with E-state index in [0.717, 1.165) is 4.90 Å². The quantitative estimate of drug-likeness (QED) is 0.550. The number of aliphatic hydroxyl groups excluding tert-OH is 1. The molecule has 0 saturated carbocycles. The number of rotatable bonds is 8. The molecule has 3 nitrogen and oxygen atoms in total. The van der Waals surface area contributed by atoms with E-state index in [1.807, 2.05) is 6.07 Å². The third-order valence-corrected chi connectivity index (χ3v) is 3.29. The van der Waals surface area contributed by atoms with Gasteiger partial charge in [0.05, 0.1) is 13.2 Å². The van der Waals surface area contributed by atoms with E-state index in [2.05, 4.69) is 5.32 Å². The molecular weight excluding hydrogens is 241 g/mol. The molecule has 0 aliphatic carbocycles. The predicted molar refractivity (Wildman–Crippen MR) is 67.8 cm³/mol. The fraction of sp³-hybridized carbons (Fsp3) is 0.500. The average molecular weight is 259 g/mol. The summed E-state index contributed by atoms with van der Waals surface area (Å²) >= 11 is 1.46. The van der Waals surface area contributed by atoms with Gasteiger partial charge in [0.15, 0.2) is 0 Å². The summed E-state index contributed by atoms with van der Waals surface area (Å²) < 4.78 is 18.6. The first-order chi connectivity index (χ1) is 8.29. The summed E-state index contributed by atoms with van der Waals surface area (Å²) in [6.07, 6.45) is 0. The van der Waals surface area contributed by atoms with Crippen molar-refractivity contribution in [3.05, 3.63) is 29.6 Å². The zero-order valence-corrected chi connectivity index (χ0v) is 10.7. The molecule has 0 fully saturated rings. The number of halogens is 1. The number of nitrogens with one attached hydrogen (secondary N) is 1. The molecule has 0 amide bonds. The van der Waals surface area contributed by atoms with Gasteiger partial charge in [-0.25, -0.2) is 4.39 Å². The molecule has 0 aliphatic rings. The average Bonchev–Trinajstić information content (AvgIpc) is 2.34. The second-order valence-electron chi connectivity index (χ2n) is 3.46. The molecule has 0 saturated heterocycles. The number of thioether (sulfide) groups is 1. The van der Waals surface area contributed by atoms with E-state index in [9.17, 15) is 4.39 Å². The summed E-state index contributed by atoms with van der Waals surface area (Å²) in [7, 11) is 1.63. The van der Waals surface area contributed by atoms with Gasteiger partial charge in [0, 0.05) is 36.4 Å². The van der Waals surface area contributed by atoms with E-state index >= 15 is 0 Å². The number of hydrogen-bond acceptors (Lipinski definition) is 4. The summed E-state index contributed by atoms with van der Waals surface area (Å²) in [6, 6.07) is 5.01. The first kappa shape index (κ1) is 14.4. The third-order valence-electron chi connectivity index (χ3n) is 2.21. The lowest BCUT2D eigenvalue weighted by atomic mass is 10.2. The molecule has 96 valence electrons. The van der Waals surface area contributed by atoms with E-state index in [1.165, 1.54) is 17.8 Å². The van der Waals surface area contributed by atoms with Crippen LogP contribution in [0.1, 0.15) is 5.56 Å². The van der Waals surface area contributed by atoms with Crippen LogP contribution in [-0.2, 0) is 11.3 Å². The molecule has 0 aliphatic heterocycles. The highest BCUT2D eigenvalue weighted by molar-refractivity contribution is 7.99. The van der Waals surface area contributed by atoms with Crippen molar-refractivity contribution in [2.75, 3.05) is 32.6 Å². The first-order valence-electron chi connectivity index (χ1n) is 5.50. The summed E-state index contributed by atoms with van der Waals surface area (Å²) in [4.78, 5) is 0.879. The van der Waals surface area contributed by atoms with Crippen LogP contribution in [0, 0.1) is 5.82 Å². The number of benzene rings is 1. The molecule has 1 aromatic carbocycles. The number of ether oxygens (including phenoxy) is 1. The van der Waals surface area contributed by atoms with Crippen LogP contribution in [0.4, 0.5) is 4.39 Å². The molecular formula is C12H18FNO2S. The second kappa shape index (κ2) is 8.47. The Hall–Kier alpha value is -0.620. The van der Waals surface area contributed by atoms with Gasteiger partial charge in [-0.15, -0.1) is 11.8 Å². The number of hydrogen-bond donors (Lipinski definition) is 2. The lowest BCUT2D eigenvalue weighted by Gasteiger charge is -2.10. The lowest BCUT2D eigenvalue weighted by Crippen LogP contribution is -2.19. The summed E-state index contributed by atoms with van der Waals surface area (Å²) in [6.45, 7) is 1.87. The van der Waals surface area contributed by atoms with Gasteiger partial charge in [0.2, 0.25) is 0 Å². The van der Waals surface area contributed by atoms with Gasteiger partial charge in [0.1, 0.15) is 5.82 Å². The third kappa shape index (κ3) is 5.04. The zero-order chi connectivity index (χ0) is 12.5. The van der Waals surface area contributed by atoms with Crippen LogP contribution < -0.4 is 5.32 Å². The Labute approximate surface area is 105 Å². The van der Waals surface area contributed by atoms with E-state index in [-0.39, 0.29) is 12.4 Å². The van der Waals surface area contributed by atoms with Gasteiger partial charge in [-0.1, -0.05) is 6.07 Å². The van der Waals surface area contributed by atoms with Gasteiger partial charge in [-0.2, -0.15) is 0 Å². The Kier molecular flexibility index (Phi) is 7.19. The molecule has 0 aromatic heterocycles. The van der Waals surface area contributed by atoms with Crippen molar-refractivity contribution in [3.63, 3.8) is 0 Å². The minimum absolute atomic E-state index is 0.0950. The largest absolute Gasteiger partial charge is 0.396 e. The Bertz CT molecular complexity index is 336. The van der Waals surface area contributed by atoms with E-state index < -0.39 is 0 Å². The monoisotopic (exact) mass is 259 g/mol. The Balaban J connectivity index is 2.60. The van der Waals surface area contributed by atoms with Crippen LogP contribution in [0.2, 0.25) is 0 Å². The Morgan fingerprint density at radius 3 is 3.00 bits per heavy atom. The molecule has 0 unspecified atom stereocenters. The van der Waals surface area contributed by atoms with E-state index in [4.69, 9.17) is 9.84 Å². The highest BCUT2D eigenvalue weighted by Gasteiger charge is 2.08. The van der Waals surface area contributed by atoms with Crippen molar-refractivity contribution in [1.29, 1.82) is 0 Å². The Morgan fingerprint density at radius 2 is 2.29 bits per heavy atom. The van der Waals surface area contributed by atoms with Gasteiger partial charge >= 0.3 is 0 Å². The molecule has 0 radical (unpaired) electrons. The number of aliphatic hydroxyl groups is 1. The molecule has 1 aromatic rings. The fourth-order valence-corrected chi connectivity index (χ4v) is 2.22. The van der Waals surface area contributed by atoms with Crippen molar-refractivity contribution in [1.82, 2.24) is 5.32 Å². The van der Waals surface area contributed by atoms with Crippen LogP contribution in [-0.4, -0.2) is 37.7 Å². The topological polar surface area (TPSA) is 41.5 Å². The number of methoxy groups -OCH3 is 1. The van der Waals surface area contributed by atoms with Crippen LogP contribution >= 0.6 is 11.8 Å². The fourth-order valence-electron chi connectivity index (χ4n) is 1.39. The van der Waals surface area contributed by atoms with Crippen molar-refractivity contribution < 1.29 is 14.2 Å². The first-order valence-corrected chi connectivity index (χ1v) is 6.49. The standard InChI is InChI=1S/C12H18FNO2S/c1-16-7-5-14-9-10-11(13)3-2-4-12(10)17-8-6-15/h2-4,14-15H,5-9H2,1H3. The van der Waals surface area contributed by atoms with Gasteiger partial charge < -0.3 is 15.2 Å². The van der Waals surface area contributed by atoms with Crippen molar-refractivity contribution in [2.45, 2.75) is 11.4 Å². The van der Waals surface area contributed by atoms with Crippen molar-refractivity contribution >= 4 is 11.8 Å². The Morgan fingerprint density at radius 1 is 1.47 bits per heavy atom. The molecule has 17 heavy (non-hydrogen) atoms. The molecule has 0 heterocycles. The van der Waals surface area contributed by atoms with Crippen LogP contribution in [0.15, 0.2) is 23.1 Å².